The van der Waals surface area contributed by atoms with Crippen molar-refractivity contribution >= 4 is 45.5 Å². The summed E-state index contributed by atoms with van der Waals surface area (Å²) >= 11 is 9.59. The number of carbonyl (C=O) groups excluding carboxylic acids is 1. The zero-order valence-corrected chi connectivity index (χ0v) is 17.1. The molecule has 0 heterocycles. The van der Waals surface area contributed by atoms with Crippen molar-refractivity contribution in [3.63, 3.8) is 0 Å². The van der Waals surface area contributed by atoms with Gasteiger partial charge in [-0.05, 0) is 37.5 Å². The van der Waals surface area contributed by atoms with Crippen LogP contribution in [0.1, 0.15) is 31.9 Å². The summed E-state index contributed by atoms with van der Waals surface area (Å²) in [5.74, 6) is -0.964. The molecule has 0 aromatic heterocycles. The molecule has 25 heavy (non-hydrogen) atoms. The second-order valence-corrected chi connectivity index (χ2v) is 7.10. The highest BCUT2D eigenvalue weighted by Gasteiger charge is 2.20. The van der Waals surface area contributed by atoms with Gasteiger partial charge in [0.05, 0.1) is 24.3 Å². The Morgan fingerprint density at radius 2 is 2.08 bits per heavy atom. The van der Waals surface area contributed by atoms with Crippen LogP contribution in [0.5, 0.6) is 0 Å². The summed E-state index contributed by atoms with van der Waals surface area (Å²) < 4.78 is 5.75. The van der Waals surface area contributed by atoms with Crippen molar-refractivity contribution in [2.45, 2.75) is 33.7 Å². The number of aryl methyl sites for hydroxylation is 1. The third-order valence-corrected chi connectivity index (χ3v) is 4.77. The van der Waals surface area contributed by atoms with Crippen molar-refractivity contribution in [1.82, 2.24) is 0 Å². The Labute approximate surface area is 161 Å². The van der Waals surface area contributed by atoms with Crippen LogP contribution in [0.25, 0.3) is 5.76 Å². The van der Waals surface area contributed by atoms with Crippen molar-refractivity contribution in [2.24, 2.45) is 10.9 Å². The van der Waals surface area contributed by atoms with E-state index in [9.17, 15) is 15.0 Å². The van der Waals surface area contributed by atoms with Gasteiger partial charge in [0.25, 0.3) is 0 Å². The van der Waals surface area contributed by atoms with Crippen molar-refractivity contribution in [3.8, 4) is 0 Å². The summed E-state index contributed by atoms with van der Waals surface area (Å²) in [6.07, 6.45) is 1.23. The second-order valence-electron chi connectivity index (χ2n) is 5.84. The molecule has 0 aliphatic rings. The van der Waals surface area contributed by atoms with Crippen molar-refractivity contribution in [1.29, 1.82) is 0 Å². The molecule has 0 bridgehead atoms. The molecule has 0 fully saturated rings. The first-order chi connectivity index (χ1) is 11.7. The monoisotopic (exact) mass is 431 g/mol. The third kappa shape index (κ3) is 5.83. The summed E-state index contributed by atoms with van der Waals surface area (Å²) in [5.41, 5.74) is 1.07. The maximum atomic E-state index is 12.2. The number of ether oxygens (including phenoxy) is 1. The Kier molecular flexibility index (Phi) is 8.62. The molecule has 0 unspecified atom stereocenters. The van der Waals surface area contributed by atoms with Crippen LogP contribution < -0.4 is 0 Å². The van der Waals surface area contributed by atoms with E-state index in [1.807, 2.05) is 20.8 Å². The molecule has 0 saturated carbocycles. The number of aliphatic hydroxyl groups excluding tert-OH is 2. The van der Waals surface area contributed by atoms with E-state index in [-0.39, 0.29) is 30.5 Å². The predicted molar refractivity (Wildman–Crippen MR) is 104 cm³/mol. The number of halogens is 2. The van der Waals surface area contributed by atoms with Crippen LogP contribution in [-0.4, -0.2) is 41.7 Å². The zero-order chi connectivity index (χ0) is 19.1. The summed E-state index contributed by atoms with van der Waals surface area (Å²) in [6.45, 7) is 7.33. The molecular formula is C18H23BrClNO4. The topological polar surface area (TPSA) is 79.1 Å². The number of hydrogen-bond donors (Lipinski definition) is 2. The van der Waals surface area contributed by atoms with Crippen LogP contribution in [0.4, 0.5) is 0 Å². The Bertz CT molecular complexity index is 686. The maximum Gasteiger partial charge on any atom is 0.343 e. The fraction of sp³-hybridized carbons (Fsp3) is 0.444. The molecule has 1 rings (SSSR count). The quantitative estimate of drug-likeness (QED) is 0.291. The number of carbonyl (C=O) groups is 1. The van der Waals surface area contributed by atoms with E-state index in [0.717, 1.165) is 10.0 Å². The summed E-state index contributed by atoms with van der Waals surface area (Å²) in [6, 6.07) is 2.92. The summed E-state index contributed by atoms with van der Waals surface area (Å²) in [7, 11) is 0. The largest absolute Gasteiger partial charge is 0.506 e. The number of aliphatic imine (C=N–C) groups is 1. The second kappa shape index (κ2) is 9.94. The van der Waals surface area contributed by atoms with Gasteiger partial charge in [0.2, 0.25) is 0 Å². The van der Waals surface area contributed by atoms with Crippen molar-refractivity contribution in [2.75, 3.05) is 13.2 Å². The average molecular weight is 433 g/mol. The average Bonchev–Trinajstić information content (AvgIpc) is 2.54. The van der Waals surface area contributed by atoms with E-state index >= 15 is 0 Å². The van der Waals surface area contributed by atoms with Gasteiger partial charge in [0, 0.05) is 16.3 Å². The van der Waals surface area contributed by atoms with E-state index in [4.69, 9.17) is 16.3 Å². The van der Waals surface area contributed by atoms with Gasteiger partial charge in [0.1, 0.15) is 11.3 Å². The molecule has 2 N–H and O–H groups in total. The smallest absolute Gasteiger partial charge is 0.343 e. The van der Waals surface area contributed by atoms with Gasteiger partial charge in [-0.2, -0.15) is 0 Å². The van der Waals surface area contributed by atoms with Gasteiger partial charge >= 0.3 is 5.97 Å². The number of nitrogens with zero attached hydrogens (tertiary/aromatic N) is 1. The molecular weight excluding hydrogens is 410 g/mol. The van der Waals surface area contributed by atoms with Gasteiger partial charge < -0.3 is 14.9 Å². The SMILES string of the molecule is CCOC(=O)/C(C=N[C@H](CO)C(C)C)=C(\O)c1cc(Br)c(C)cc1Cl. The standard InChI is InChI=1S/C18H23BrClNO4/c1-5-25-18(24)13(8-21-16(9-22)10(2)3)17(23)12-7-14(19)11(4)6-15(12)20/h6-8,10,16,22-23H,5,9H2,1-4H3/b17-13-,21-8?/t16-/m1/s1. The molecule has 0 radical (unpaired) electrons. The van der Waals surface area contributed by atoms with E-state index in [0.29, 0.717) is 10.6 Å². The van der Waals surface area contributed by atoms with Gasteiger partial charge in [-0.15, -0.1) is 0 Å². The number of hydrogen-bond acceptors (Lipinski definition) is 5. The molecule has 0 aliphatic carbocycles. The fourth-order valence-corrected chi connectivity index (χ4v) is 2.64. The van der Waals surface area contributed by atoms with Gasteiger partial charge in [-0.3, -0.25) is 4.99 Å². The number of aliphatic hydroxyl groups is 2. The molecule has 0 amide bonds. The first-order valence-corrected chi connectivity index (χ1v) is 9.10. The Balaban J connectivity index is 3.44. The fourth-order valence-electron chi connectivity index (χ4n) is 1.99. The molecule has 138 valence electrons. The number of rotatable bonds is 7. The van der Waals surface area contributed by atoms with Crippen LogP contribution in [-0.2, 0) is 9.53 Å². The van der Waals surface area contributed by atoms with E-state index in [2.05, 4.69) is 20.9 Å². The molecule has 0 saturated heterocycles. The van der Waals surface area contributed by atoms with Crippen LogP contribution in [0, 0.1) is 12.8 Å². The van der Waals surface area contributed by atoms with E-state index in [1.165, 1.54) is 6.21 Å². The van der Waals surface area contributed by atoms with Gasteiger partial charge in [-0.25, -0.2) is 4.79 Å². The molecule has 1 atom stereocenters. The van der Waals surface area contributed by atoms with E-state index in [1.54, 1.807) is 19.1 Å². The highest BCUT2D eigenvalue weighted by atomic mass is 79.9. The Morgan fingerprint density at radius 1 is 1.44 bits per heavy atom. The first kappa shape index (κ1) is 21.7. The van der Waals surface area contributed by atoms with Crippen molar-refractivity contribution < 1.29 is 19.7 Å². The minimum atomic E-state index is -0.711. The summed E-state index contributed by atoms with van der Waals surface area (Å²) in [5, 5.41) is 20.3. The molecule has 7 heteroatoms. The molecule has 0 spiro atoms. The molecule has 5 nitrogen and oxygen atoms in total. The van der Waals surface area contributed by atoms with E-state index < -0.39 is 12.0 Å². The number of esters is 1. The lowest BCUT2D eigenvalue weighted by atomic mass is 10.1. The lowest BCUT2D eigenvalue weighted by Crippen LogP contribution is -2.19. The van der Waals surface area contributed by atoms with Crippen molar-refractivity contribution in [3.05, 3.63) is 38.3 Å². The van der Waals surface area contributed by atoms with Crippen LogP contribution in [0.3, 0.4) is 0 Å². The van der Waals surface area contributed by atoms with Crippen LogP contribution in [0.2, 0.25) is 5.02 Å². The normalized spacial score (nSPS) is 13.9. The van der Waals surface area contributed by atoms with Gasteiger partial charge in [-0.1, -0.05) is 41.4 Å². The Morgan fingerprint density at radius 3 is 2.60 bits per heavy atom. The highest BCUT2D eigenvalue weighted by Crippen LogP contribution is 2.30. The minimum absolute atomic E-state index is 0.0731. The van der Waals surface area contributed by atoms with Crippen LogP contribution in [0.15, 0.2) is 27.2 Å². The molecule has 1 aromatic rings. The highest BCUT2D eigenvalue weighted by molar-refractivity contribution is 9.10. The maximum absolute atomic E-state index is 12.2. The minimum Gasteiger partial charge on any atom is -0.506 e. The van der Waals surface area contributed by atoms with Crippen LogP contribution >= 0.6 is 27.5 Å². The van der Waals surface area contributed by atoms with Gasteiger partial charge in [0.15, 0.2) is 0 Å². The lowest BCUT2D eigenvalue weighted by molar-refractivity contribution is -0.137. The predicted octanol–water partition coefficient (Wildman–Crippen LogP) is 4.33. The lowest BCUT2D eigenvalue weighted by Gasteiger charge is -2.14. The molecule has 0 aliphatic heterocycles. The zero-order valence-electron chi connectivity index (χ0n) is 14.7. The first-order valence-electron chi connectivity index (χ1n) is 7.93. The number of benzene rings is 1. The third-order valence-electron chi connectivity index (χ3n) is 3.61. The molecule has 1 aromatic carbocycles. The summed E-state index contributed by atoms with van der Waals surface area (Å²) in [4.78, 5) is 16.5. The Hall–Kier alpha value is -1.37.